The fourth-order valence-electron chi connectivity index (χ4n) is 1.27. The predicted octanol–water partition coefficient (Wildman–Crippen LogP) is 1.02. The van der Waals surface area contributed by atoms with Crippen molar-refractivity contribution in [2.75, 3.05) is 13.2 Å². The van der Waals surface area contributed by atoms with Crippen LogP contribution in [0.4, 0.5) is 0 Å². The van der Waals surface area contributed by atoms with Crippen LogP contribution in [0.15, 0.2) is 0 Å². The zero-order chi connectivity index (χ0) is 15.9. The van der Waals surface area contributed by atoms with E-state index in [0.717, 1.165) is 23.1 Å². The molecule has 0 spiro atoms. The van der Waals surface area contributed by atoms with Gasteiger partial charge in [-0.3, -0.25) is 0 Å². The number of carbonyl (C=O) groups is 2. The lowest BCUT2D eigenvalue weighted by molar-refractivity contribution is 0.0543. The Balaban J connectivity index is 1.72. The second kappa shape index (κ2) is 7.58. The van der Waals surface area contributed by atoms with Gasteiger partial charge in [0.1, 0.15) is 0 Å². The summed E-state index contributed by atoms with van der Waals surface area (Å²) in [5.74, 6) is 4.11. The monoisotopic (exact) mass is 338 g/mol. The van der Waals surface area contributed by atoms with Gasteiger partial charge in [-0.2, -0.15) is 0 Å². The average molecular weight is 338 g/mol. The van der Waals surface area contributed by atoms with Gasteiger partial charge in [-0.15, -0.1) is 10.2 Å². The lowest BCUT2D eigenvalue weighted by Gasteiger charge is -1.98. The second-order valence-electron chi connectivity index (χ2n) is 3.88. The van der Waals surface area contributed by atoms with Crippen molar-refractivity contribution in [3.05, 3.63) is 21.1 Å². The van der Waals surface area contributed by atoms with Crippen molar-refractivity contribution < 1.29 is 19.1 Å². The Bertz CT molecular complexity index is 683. The number of aryl methyl sites for hydroxylation is 2. The first-order valence-electron chi connectivity index (χ1n) is 5.97. The van der Waals surface area contributed by atoms with Gasteiger partial charge < -0.3 is 9.47 Å². The molecule has 2 aromatic rings. The third-order valence-corrected chi connectivity index (χ3v) is 3.97. The van der Waals surface area contributed by atoms with Crippen LogP contribution in [-0.4, -0.2) is 44.3 Å². The molecule has 0 atom stereocenters. The number of aromatic nitrogens is 4. The lowest BCUT2D eigenvalue weighted by Crippen LogP contribution is -2.06. The van der Waals surface area contributed by atoms with Crippen molar-refractivity contribution in [2.24, 2.45) is 0 Å². The first kappa shape index (κ1) is 16.0. The largest absolute Gasteiger partial charge is 0.448 e. The Morgan fingerprint density at radius 2 is 1.32 bits per heavy atom. The number of esters is 2. The first-order valence-corrected chi connectivity index (χ1v) is 7.52. The highest BCUT2D eigenvalue weighted by atomic mass is 32.1. The highest BCUT2D eigenvalue weighted by molar-refractivity contribution is 7.08. The van der Waals surface area contributed by atoms with Crippen LogP contribution in [0, 0.1) is 25.7 Å². The molecule has 114 valence electrons. The van der Waals surface area contributed by atoms with E-state index in [1.807, 2.05) is 0 Å². The number of rotatable bonds is 4. The summed E-state index contributed by atoms with van der Waals surface area (Å²) in [6, 6.07) is 0. The molecule has 2 aromatic heterocycles. The van der Waals surface area contributed by atoms with Crippen LogP contribution in [0.2, 0.25) is 0 Å². The van der Waals surface area contributed by atoms with Crippen LogP contribution in [-0.2, 0) is 9.47 Å². The quantitative estimate of drug-likeness (QED) is 0.601. The van der Waals surface area contributed by atoms with Gasteiger partial charge in [-0.1, -0.05) is 20.8 Å². The molecule has 0 radical (unpaired) electrons. The summed E-state index contributed by atoms with van der Waals surface area (Å²) >= 11 is 1.93. The van der Waals surface area contributed by atoms with E-state index < -0.39 is 11.9 Å². The number of hydrogen-bond acceptors (Lipinski definition) is 10. The maximum absolute atomic E-state index is 11.6. The minimum absolute atomic E-state index is 0.102. The number of hydrogen-bond donors (Lipinski definition) is 0. The molecule has 0 aliphatic rings. The minimum atomic E-state index is -0.523. The van der Waals surface area contributed by atoms with E-state index in [-0.39, 0.29) is 13.2 Å². The maximum atomic E-state index is 11.6. The third kappa shape index (κ3) is 4.06. The van der Waals surface area contributed by atoms with E-state index in [9.17, 15) is 9.59 Å². The molecule has 0 bridgehead atoms. The topological polar surface area (TPSA) is 104 Å². The van der Waals surface area contributed by atoms with Gasteiger partial charge in [0.2, 0.25) is 0 Å². The zero-order valence-corrected chi connectivity index (χ0v) is 13.3. The van der Waals surface area contributed by atoms with Crippen LogP contribution in [0.3, 0.4) is 0 Å². The van der Waals surface area contributed by atoms with Crippen molar-refractivity contribution >= 4 is 35.0 Å². The van der Waals surface area contributed by atoms with Crippen molar-refractivity contribution in [1.29, 1.82) is 0 Å². The summed E-state index contributed by atoms with van der Waals surface area (Å²) in [5.41, 5.74) is 1.04. The molecule has 0 fully saturated rings. The van der Waals surface area contributed by atoms with Gasteiger partial charge in [-0.25, -0.2) is 9.59 Å². The Kier molecular flexibility index (Phi) is 5.51. The molecule has 0 N–H and O–H groups in total. The van der Waals surface area contributed by atoms with E-state index in [1.54, 1.807) is 13.8 Å². The lowest BCUT2D eigenvalue weighted by atomic mass is 10.4. The standard InChI is InChI=1S/C12H10N4O4S2/c1-7-9(21-15-13-7)11(17)19-5-3-4-6-20-12(18)10-8(2)14-16-22-10/h5-6H2,1-2H3. The van der Waals surface area contributed by atoms with E-state index >= 15 is 0 Å². The molecule has 2 rings (SSSR count). The van der Waals surface area contributed by atoms with Crippen LogP contribution >= 0.6 is 23.1 Å². The van der Waals surface area contributed by atoms with Gasteiger partial charge in [0.25, 0.3) is 0 Å². The summed E-state index contributed by atoms with van der Waals surface area (Å²) in [6.45, 7) is 3.13. The van der Waals surface area contributed by atoms with Gasteiger partial charge in [0.05, 0.1) is 11.4 Å². The van der Waals surface area contributed by atoms with E-state index in [4.69, 9.17) is 9.47 Å². The second-order valence-corrected chi connectivity index (χ2v) is 5.39. The number of ether oxygens (including phenoxy) is 2. The van der Waals surface area contributed by atoms with Crippen molar-refractivity contribution in [3.8, 4) is 11.8 Å². The van der Waals surface area contributed by atoms with E-state index in [2.05, 4.69) is 31.0 Å². The third-order valence-electron chi connectivity index (χ3n) is 2.35. The molecular weight excluding hydrogens is 328 g/mol. The minimum Gasteiger partial charge on any atom is -0.448 e. The van der Waals surface area contributed by atoms with Crippen LogP contribution < -0.4 is 0 Å². The summed E-state index contributed by atoms with van der Waals surface area (Å²) < 4.78 is 17.1. The first-order chi connectivity index (χ1) is 10.6. The molecule has 22 heavy (non-hydrogen) atoms. The summed E-state index contributed by atoms with van der Waals surface area (Å²) in [4.78, 5) is 23.9. The number of nitrogens with zero attached hydrogens (tertiary/aromatic N) is 4. The molecule has 0 saturated heterocycles. The van der Waals surface area contributed by atoms with Crippen molar-refractivity contribution in [1.82, 2.24) is 19.2 Å². The van der Waals surface area contributed by atoms with E-state index in [1.165, 1.54) is 0 Å². The highest BCUT2D eigenvalue weighted by Crippen LogP contribution is 2.11. The van der Waals surface area contributed by atoms with Crippen molar-refractivity contribution in [2.45, 2.75) is 13.8 Å². The van der Waals surface area contributed by atoms with Crippen molar-refractivity contribution in [3.63, 3.8) is 0 Å². The Labute approximate surface area is 133 Å². The van der Waals surface area contributed by atoms with Crippen LogP contribution in [0.5, 0.6) is 0 Å². The number of carbonyl (C=O) groups excluding carboxylic acids is 2. The summed E-state index contributed by atoms with van der Waals surface area (Å²) in [7, 11) is 0. The Hall–Kier alpha value is -2.38. The molecule has 0 aliphatic heterocycles. The smallest absolute Gasteiger partial charge is 0.352 e. The molecular formula is C12H10N4O4S2. The Morgan fingerprint density at radius 3 is 1.64 bits per heavy atom. The van der Waals surface area contributed by atoms with Gasteiger partial charge in [-0.05, 0) is 36.9 Å². The summed E-state index contributed by atoms with van der Waals surface area (Å²) in [6.07, 6.45) is 0. The van der Waals surface area contributed by atoms with Gasteiger partial charge in [0, 0.05) is 0 Å². The van der Waals surface area contributed by atoms with Gasteiger partial charge >= 0.3 is 11.9 Å². The molecule has 10 heteroatoms. The van der Waals surface area contributed by atoms with Crippen LogP contribution in [0.1, 0.15) is 30.7 Å². The fourth-order valence-corrected chi connectivity index (χ4v) is 2.38. The fraction of sp³-hybridized carbons (Fsp3) is 0.333. The molecule has 0 aliphatic carbocycles. The molecule has 8 nitrogen and oxygen atoms in total. The summed E-state index contributed by atoms with van der Waals surface area (Å²) in [5, 5.41) is 7.42. The molecule has 2 heterocycles. The molecule has 0 aromatic carbocycles. The highest BCUT2D eigenvalue weighted by Gasteiger charge is 2.14. The molecule has 0 saturated carbocycles. The maximum Gasteiger partial charge on any atom is 0.352 e. The van der Waals surface area contributed by atoms with E-state index in [0.29, 0.717) is 21.1 Å². The average Bonchev–Trinajstić information content (AvgIpc) is 3.10. The molecule has 0 amide bonds. The SMILES string of the molecule is Cc1nnsc1C(=O)OCC#CCOC(=O)c1snnc1C. The van der Waals surface area contributed by atoms with Gasteiger partial charge in [0.15, 0.2) is 23.0 Å². The normalized spacial score (nSPS) is 9.73. The Morgan fingerprint density at radius 1 is 0.909 bits per heavy atom. The zero-order valence-electron chi connectivity index (χ0n) is 11.7. The predicted molar refractivity (Wildman–Crippen MR) is 77.6 cm³/mol. The van der Waals surface area contributed by atoms with Crippen LogP contribution in [0.25, 0.3) is 0 Å². The molecule has 0 unspecified atom stereocenters.